The number of nitrogens with zero attached hydrogens (tertiary/aromatic N) is 3. The Bertz CT molecular complexity index is 1030. The molecule has 3 N–H and O–H groups in total. The van der Waals surface area contributed by atoms with Crippen LogP contribution in [0.4, 0.5) is 19.0 Å². The van der Waals surface area contributed by atoms with Gasteiger partial charge in [0, 0.05) is 22.7 Å². The Morgan fingerprint density at radius 2 is 1.97 bits per heavy atom. The van der Waals surface area contributed by atoms with Crippen LogP contribution in [0.3, 0.4) is 0 Å². The molecule has 10 heteroatoms. The molecule has 1 aliphatic rings. The number of fused-ring (bicyclic) bond motifs is 1. The first-order valence-electron chi connectivity index (χ1n) is 8.88. The minimum absolute atomic E-state index is 0.0721. The van der Waals surface area contributed by atoms with Gasteiger partial charge in [-0.3, -0.25) is 0 Å². The van der Waals surface area contributed by atoms with E-state index in [1.165, 1.54) is 16.6 Å². The highest BCUT2D eigenvalue weighted by molar-refractivity contribution is 8.00. The molecule has 29 heavy (non-hydrogen) atoms. The number of hydrogen-bond acceptors (Lipinski definition) is 6. The van der Waals surface area contributed by atoms with Gasteiger partial charge in [-0.05, 0) is 49.2 Å². The Labute approximate surface area is 168 Å². The fraction of sp³-hybridized carbons (Fsp3) is 0.316. The average molecular weight is 423 g/mol. The van der Waals surface area contributed by atoms with Gasteiger partial charge in [-0.25, -0.2) is 4.98 Å². The van der Waals surface area contributed by atoms with E-state index in [0.29, 0.717) is 29.1 Å². The Balaban J connectivity index is 1.64. The number of hydrogen-bond donors (Lipinski definition) is 3. The first-order chi connectivity index (χ1) is 13.7. The highest BCUT2D eigenvalue weighted by Crippen LogP contribution is 2.38. The van der Waals surface area contributed by atoms with Crippen molar-refractivity contribution in [3.05, 3.63) is 49.5 Å². The van der Waals surface area contributed by atoms with Crippen LogP contribution in [0.1, 0.15) is 6.42 Å². The maximum Gasteiger partial charge on any atom is 0.446 e. The van der Waals surface area contributed by atoms with Crippen molar-refractivity contribution in [1.29, 1.82) is 0 Å². The Morgan fingerprint density at radius 1 is 1.17 bits per heavy atom. The van der Waals surface area contributed by atoms with E-state index >= 15 is 0 Å². The summed E-state index contributed by atoms with van der Waals surface area (Å²) in [7, 11) is 0. The molecule has 0 unspecified atom stereocenters. The van der Waals surface area contributed by atoms with Crippen LogP contribution in [0.2, 0.25) is 0 Å². The van der Waals surface area contributed by atoms with E-state index < -0.39 is 23.8 Å². The minimum Gasteiger partial charge on any atom is -0.390 e. The summed E-state index contributed by atoms with van der Waals surface area (Å²) in [5.41, 5.74) is -2.86. The molecule has 153 valence electrons. The summed E-state index contributed by atoms with van der Waals surface area (Å²) in [5.74, 6) is 0.259. The Kier molecular flexibility index (Phi) is 5.18. The fourth-order valence-corrected chi connectivity index (χ4v) is 4.05. The minimum atomic E-state index is -4.37. The lowest BCUT2D eigenvalue weighted by Crippen LogP contribution is -2.35. The zero-order chi connectivity index (χ0) is 20.8. The predicted molar refractivity (Wildman–Crippen MR) is 103 cm³/mol. The second kappa shape index (κ2) is 7.51. The summed E-state index contributed by atoms with van der Waals surface area (Å²) in [6, 6.07) is 8.99. The smallest absolute Gasteiger partial charge is 0.390 e. The van der Waals surface area contributed by atoms with E-state index in [1.54, 1.807) is 30.5 Å². The third-order valence-electron chi connectivity index (χ3n) is 4.86. The van der Waals surface area contributed by atoms with Gasteiger partial charge in [-0.1, -0.05) is 12.1 Å². The number of alkyl halides is 3. The summed E-state index contributed by atoms with van der Waals surface area (Å²) in [6.07, 6.45) is 0.175. The van der Waals surface area contributed by atoms with Crippen LogP contribution in [0, 0.1) is 12.8 Å². The molecule has 0 bridgehead atoms. The van der Waals surface area contributed by atoms with Crippen molar-refractivity contribution in [3.8, 4) is 11.3 Å². The first kappa shape index (κ1) is 20.0. The van der Waals surface area contributed by atoms with Crippen molar-refractivity contribution in [3.63, 3.8) is 0 Å². The molecule has 0 aliphatic heterocycles. The van der Waals surface area contributed by atoms with Gasteiger partial charge in [-0.2, -0.15) is 22.8 Å². The van der Waals surface area contributed by atoms with Gasteiger partial charge < -0.3 is 15.5 Å². The molecule has 1 aromatic carbocycles. The monoisotopic (exact) mass is 423 g/mol. The van der Waals surface area contributed by atoms with Crippen molar-refractivity contribution in [2.45, 2.75) is 35.1 Å². The number of thioether (sulfide) groups is 1. The van der Waals surface area contributed by atoms with Crippen molar-refractivity contribution in [2.24, 2.45) is 5.92 Å². The quantitative estimate of drug-likeness (QED) is 0.559. The van der Waals surface area contributed by atoms with Crippen LogP contribution in [0.5, 0.6) is 0 Å². The molecule has 0 spiro atoms. The molecule has 1 saturated carbocycles. The van der Waals surface area contributed by atoms with Gasteiger partial charge >= 0.3 is 5.51 Å². The van der Waals surface area contributed by atoms with Crippen molar-refractivity contribution in [1.82, 2.24) is 14.6 Å². The number of benzene rings is 1. The van der Waals surface area contributed by atoms with E-state index in [1.807, 2.05) is 0 Å². The van der Waals surface area contributed by atoms with Gasteiger partial charge in [0.1, 0.15) is 11.9 Å². The standard InChI is InChI=1S/C19H18F3N4O2S/c1-10-7-14(18(28)17(10)27)24-15-5-6-23-16-9-13(25-26(15)16)11-3-2-4-12(8-11)29-19(20,21)22/h2-6,8-10,14,17-18,24,27-28H,1,7H2/t10-,14-,17-,18+/m1/s1. The van der Waals surface area contributed by atoms with Crippen LogP contribution < -0.4 is 5.32 Å². The van der Waals surface area contributed by atoms with Gasteiger partial charge in [0.2, 0.25) is 0 Å². The zero-order valence-electron chi connectivity index (χ0n) is 15.0. The van der Waals surface area contributed by atoms with Gasteiger partial charge in [0.15, 0.2) is 5.65 Å². The second-order valence-corrected chi connectivity index (χ2v) is 8.07. The van der Waals surface area contributed by atoms with Crippen LogP contribution in [0.25, 0.3) is 16.9 Å². The summed E-state index contributed by atoms with van der Waals surface area (Å²) in [5, 5.41) is 27.7. The number of rotatable bonds is 4. The van der Waals surface area contributed by atoms with Crippen molar-refractivity contribution >= 4 is 23.2 Å². The van der Waals surface area contributed by atoms with Crippen LogP contribution in [0.15, 0.2) is 47.5 Å². The third-order valence-corrected chi connectivity index (χ3v) is 5.58. The van der Waals surface area contributed by atoms with E-state index in [2.05, 4.69) is 22.3 Å². The van der Waals surface area contributed by atoms with Crippen LogP contribution >= 0.6 is 11.8 Å². The summed E-state index contributed by atoms with van der Waals surface area (Å²) >= 11 is -0.178. The normalized spacial score (nSPS) is 24.9. The van der Waals surface area contributed by atoms with Crippen LogP contribution in [-0.2, 0) is 0 Å². The number of anilines is 1. The molecule has 0 saturated heterocycles. The Morgan fingerprint density at radius 3 is 2.66 bits per heavy atom. The highest BCUT2D eigenvalue weighted by atomic mass is 32.2. The maximum absolute atomic E-state index is 12.7. The lowest BCUT2D eigenvalue weighted by atomic mass is 10.1. The lowest BCUT2D eigenvalue weighted by Gasteiger charge is -2.19. The van der Waals surface area contributed by atoms with Crippen molar-refractivity contribution < 1.29 is 23.4 Å². The summed E-state index contributed by atoms with van der Waals surface area (Å²) < 4.78 is 39.5. The number of aliphatic hydroxyl groups is 2. The van der Waals surface area contributed by atoms with Gasteiger partial charge in [-0.15, -0.1) is 0 Å². The van der Waals surface area contributed by atoms with Gasteiger partial charge in [0.05, 0.1) is 17.8 Å². The topological polar surface area (TPSA) is 82.7 Å². The van der Waals surface area contributed by atoms with Gasteiger partial charge in [0.25, 0.3) is 0 Å². The third kappa shape index (κ3) is 4.19. The molecule has 2 aromatic heterocycles. The predicted octanol–water partition coefficient (Wildman–Crippen LogP) is 3.36. The van der Waals surface area contributed by atoms with E-state index in [-0.39, 0.29) is 22.6 Å². The molecular formula is C19H18F3N4O2S. The molecule has 4 rings (SSSR count). The summed E-state index contributed by atoms with van der Waals surface area (Å²) in [6.45, 7) is 3.83. The maximum atomic E-state index is 12.7. The number of aromatic nitrogens is 3. The van der Waals surface area contributed by atoms with E-state index in [0.717, 1.165) is 0 Å². The molecule has 2 heterocycles. The average Bonchev–Trinajstić information content (AvgIpc) is 3.19. The van der Waals surface area contributed by atoms with Crippen LogP contribution in [-0.4, -0.2) is 48.6 Å². The second-order valence-electron chi connectivity index (χ2n) is 6.93. The molecule has 6 nitrogen and oxygen atoms in total. The molecule has 3 aromatic rings. The SMILES string of the molecule is [CH2][C@@H]1C[C@@H](Nc2ccnc3cc(-c4cccc(SC(F)(F)F)c4)nn23)[C@H](O)[C@@H]1O. The summed E-state index contributed by atoms with van der Waals surface area (Å²) in [4.78, 5) is 4.32. The molecular weight excluding hydrogens is 405 g/mol. The zero-order valence-corrected chi connectivity index (χ0v) is 15.9. The number of halogens is 3. The fourth-order valence-electron chi connectivity index (χ4n) is 3.45. The van der Waals surface area contributed by atoms with E-state index in [9.17, 15) is 23.4 Å². The molecule has 1 fully saturated rings. The molecule has 1 aliphatic carbocycles. The lowest BCUT2D eigenvalue weighted by molar-refractivity contribution is -0.0328. The number of nitrogens with one attached hydrogen (secondary N) is 1. The molecule has 1 radical (unpaired) electrons. The van der Waals surface area contributed by atoms with Crippen molar-refractivity contribution in [2.75, 3.05) is 5.32 Å². The first-order valence-corrected chi connectivity index (χ1v) is 9.69. The molecule has 4 atom stereocenters. The Hall–Kier alpha value is -2.30. The van der Waals surface area contributed by atoms with E-state index in [4.69, 9.17) is 0 Å². The largest absolute Gasteiger partial charge is 0.446 e. The molecule has 0 amide bonds. The number of aliphatic hydroxyl groups excluding tert-OH is 2. The highest BCUT2D eigenvalue weighted by Gasteiger charge is 2.39.